The predicted molar refractivity (Wildman–Crippen MR) is 84.7 cm³/mol. The molecule has 1 aliphatic heterocycles. The summed E-state index contributed by atoms with van der Waals surface area (Å²) in [6, 6.07) is 11.2. The average molecular weight is 303 g/mol. The van der Waals surface area contributed by atoms with Crippen molar-refractivity contribution in [2.24, 2.45) is 0 Å². The van der Waals surface area contributed by atoms with Gasteiger partial charge in [-0.2, -0.15) is 0 Å². The number of nitrogens with zero attached hydrogens (tertiary/aromatic N) is 2. The highest BCUT2D eigenvalue weighted by molar-refractivity contribution is 5.67. The van der Waals surface area contributed by atoms with Gasteiger partial charge in [0.15, 0.2) is 0 Å². The van der Waals surface area contributed by atoms with Gasteiger partial charge >= 0.3 is 0 Å². The van der Waals surface area contributed by atoms with E-state index in [2.05, 4.69) is 9.80 Å². The fraction of sp³-hybridized carbons (Fsp3) is 0.294. The van der Waals surface area contributed by atoms with Crippen molar-refractivity contribution in [1.82, 2.24) is 4.90 Å². The number of nitrogen functional groups attached to an aromatic ring is 1. The largest absolute Gasteiger partial charge is 0.397 e. The number of piperazine rings is 1. The van der Waals surface area contributed by atoms with Crippen LogP contribution in [0, 0.1) is 11.6 Å². The van der Waals surface area contributed by atoms with Crippen molar-refractivity contribution in [2.75, 3.05) is 36.8 Å². The van der Waals surface area contributed by atoms with Crippen molar-refractivity contribution in [3.05, 3.63) is 59.7 Å². The first-order chi connectivity index (χ1) is 10.6. The highest BCUT2D eigenvalue weighted by Gasteiger charge is 2.19. The van der Waals surface area contributed by atoms with Crippen LogP contribution in [0.25, 0.3) is 0 Å². The number of anilines is 2. The molecule has 0 aromatic heterocycles. The normalized spacial score (nSPS) is 16.0. The molecule has 0 atom stereocenters. The van der Waals surface area contributed by atoms with Crippen molar-refractivity contribution in [1.29, 1.82) is 0 Å². The van der Waals surface area contributed by atoms with Crippen LogP contribution >= 0.6 is 0 Å². The molecule has 22 heavy (non-hydrogen) atoms. The maximum Gasteiger partial charge on any atom is 0.125 e. The average Bonchev–Trinajstić information content (AvgIpc) is 2.51. The molecule has 2 aromatic rings. The molecule has 0 saturated carbocycles. The van der Waals surface area contributed by atoms with Crippen LogP contribution in [-0.2, 0) is 6.54 Å². The maximum atomic E-state index is 13.1. The van der Waals surface area contributed by atoms with Crippen LogP contribution in [0.5, 0.6) is 0 Å². The Hall–Kier alpha value is -2.14. The van der Waals surface area contributed by atoms with Gasteiger partial charge in [0, 0.05) is 32.7 Å². The van der Waals surface area contributed by atoms with Gasteiger partial charge in [-0.25, -0.2) is 8.78 Å². The van der Waals surface area contributed by atoms with E-state index in [1.807, 2.05) is 12.1 Å². The number of hydrogen-bond acceptors (Lipinski definition) is 3. The van der Waals surface area contributed by atoms with E-state index < -0.39 is 0 Å². The van der Waals surface area contributed by atoms with Crippen molar-refractivity contribution in [3.8, 4) is 0 Å². The summed E-state index contributed by atoms with van der Waals surface area (Å²) in [7, 11) is 0. The monoisotopic (exact) mass is 303 g/mol. The van der Waals surface area contributed by atoms with Crippen molar-refractivity contribution >= 4 is 11.4 Å². The minimum atomic E-state index is -0.309. The molecule has 0 aliphatic carbocycles. The zero-order valence-electron chi connectivity index (χ0n) is 12.3. The van der Waals surface area contributed by atoms with Crippen LogP contribution in [0.15, 0.2) is 42.5 Å². The molecular weight excluding hydrogens is 284 g/mol. The second kappa shape index (κ2) is 6.32. The van der Waals surface area contributed by atoms with Crippen LogP contribution in [0.2, 0.25) is 0 Å². The van der Waals surface area contributed by atoms with Crippen LogP contribution in [0.1, 0.15) is 5.56 Å². The van der Waals surface area contributed by atoms with Gasteiger partial charge in [-0.3, -0.25) is 4.90 Å². The summed E-state index contributed by atoms with van der Waals surface area (Å²) < 4.78 is 26.0. The summed E-state index contributed by atoms with van der Waals surface area (Å²) in [6.07, 6.45) is 0. The molecule has 0 radical (unpaired) electrons. The van der Waals surface area contributed by atoms with Gasteiger partial charge in [-0.1, -0.05) is 12.1 Å². The zero-order valence-corrected chi connectivity index (χ0v) is 12.3. The smallest absolute Gasteiger partial charge is 0.125 e. The lowest BCUT2D eigenvalue weighted by Gasteiger charge is -2.36. The summed E-state index contributed by atoms with van der Waals surface area (Å²) in [5, 5.41) is 0. The summed E-state index contributed by atoms with van der Waals surface area (Å²) in [4.78, 5) is 4.50. The Morgan fingerprint density at radius 2 is 1.50 bits per heavy atom. The summed E-state index contributed by atoms with van der Waals surface area (Å²) in [5.41, 5.74) is 8.37. The van der Waals surface area contributed by atoms with Gasteiger partial charge in [-0.15, -0.1) is 0 Å². The first-order valence-electron chi connectivity index (χ1n) is 7.38. The summed E-state index contributed by atoms with van der Waals surface area (Å²) >= 11 is 0. The fourth-order valence-corrected chi connectivity index (χ4v) is 2.81. The van der Waals surface area contributed by atoms with Crippen molar-refractivity contribution < 1.29 is 8.78 Å². The van der Waals surface area contributed by atoms with Gasteiger partial charge in [0.25, 0.3) is 0 Å². The van der Waals surface area contributed by atoms with Gasteiger partial charge in [0.1, 0.15) is 11.6 Å². The zero-order chi connectivity index (χ0) is 15.5. The third-order valence-corrected chi connectivity index (χ3v) is 4.02. The Morgan fingerprint density at radius 3 is 2.14 bits per heavy atom. The van der Waals surface area contributed by atoms with Crippen LogP contribution in [-0.4, -0.2) is 31.1 Å². The first kappa shape index (κ1) is 14.8. The third kappa shape index (κ3) is 3.36. The Bertz CT molecular complexity index is 635. The van der Waals surface area contributed by atoms with E-state index in [1.165, 1.54) is 24.3 Å². The molecule has 3 rings (SSSR count). The van der Waals surface area contributed by atoms with E-state index in [9.17, 15) is 8.78 Å². The summed E-state index contributed by atoms with van der Waals surface area (Å²) in [5.74, 6) is -0.517. The van der Waals surface area contributed by atoms with E-state index in [1.54, 1.807) is 6.07 Å². The first-order valence-corrected chi connectivity index (χ1v) is 7.38. The van der Waals surface area contributed by atoms with Gasteiger partial charge in [-0.05, 0) is 35.9 Å². The lowest BCUT2D eigenvalue weighted by atomic mass is 10.1. The van der Waals surface area contributed by atoms with Crippen molar-refractivity contribution in [3.63, 3.8) is 0 Å². The Morgan fingerprint density at radius 1 is 0.864 bits per heavy atom. The SMILES string of the molecule is Nc1cc(F)ccc1N1CCN(Cc2ccc(F)cc2)CC1. The number of halogens is 2. The predicted octanol–water partition coefficient (Wildman–Crippen LogP) is 2.87. The van der Waals surface area contributed by atoms with E-state index in [0.717, 1.165) is 44.0 Å². The Kier molecular flexibility index (Phi) is 4.24. The summed E-state index contributed by atoms with van der Waals surface area (Å²) in [6.45, 7) is 4.30. The molecular formula is C17H19F2N3. The molecule has 2 N–H and O–H groups in total. The number of hydrogen-bond donors (Lipinski definition) is 1. The molecule has 5 heteroatoms. The lowest BCUT2D eigenvalue weighted by molar-refractivity contribution is 0.250. The Labute approximate surface area is 128 Å². The number of benzene rings is 2. The lowest BCUT2D eigenvalue weighted by Crippen LogP contribution is -2.46. The second-order valence-corrected chi connectivity index (χ2v) is 5.59. The Balaban J connectivity index is 1.59. The molecule has 0 unspecified atom stereocenters. The molecule has 0 amide bonds. The van der Waals surface area contributed by atoms with Crippen molar-refractivity contribution in [2.45, 2.75) is 6.54 Å². The molecule has 3 nitrogen and oxygen atoms in total. The highest BCUT2D eigenvalue weighted by atomic mass is 19.1. The second-order valence-electron chi connectivity index (χ2n) is 5.59. The molecule has 0 spiro atoms. The van der Waals surface area contributed by atoms with E-state index in [4.69, 9.17) is 5.73 Å². The third-order valence-electron chi connectivity index (χ3n) is 4.02. The maximum absolute atomic E-state index is 13.1. The topological polar surface area (TPSA) is 32.5 Å². The minimum Gasteiger partial charge on any atom is -0.397 e. The standard InChI is InChI=1S/C17H19F2N3/c18-14-3-1-13(2-4-14)12-21-7-9-22(10-8-21)17-6-5-15(19)11-16(17)20/h1-6,11H,7-10,12,20H2. The highest BCUT2D eigenvalue weighted by Crippen LogP contribution is 2.25. The minimum absolute atomic E-state index is 0.208. The molecule has 116 valence electrons. The molecule has 1 heterocycles. The molecule has 0 bridgehead atoms. The van der Waals surface area contributed by atoms with Crippen LogP contribution in [0.3, 0.4) is 0 Å². The molecule has 2 aromatic carbocycles. The van der Waals surface area contributed by atoms with Crippen LogP contribution < -0.4 is 10.6 Å². The molecule has 1 aliphatic rings. The van der Waals surface area contributed by atoms with Gasteiger partial charge in [0.2, 0.25) is 0 Å². The van der Waals surface area contributed by atoms with E-state index in [-0.39, 0.29) is 11.6 Å². The van der Waals surface area contributed by atoms with Gasteiger partial charge < -0.3 is 10.6 Å². The van der Waals surface area contributed by atoms with Crippen LogP contribution in [0.4, 0.5) is 20.2 Å². The fourth-order valence-electron chi connectivity index (χ4n) is 2.81. The van der Waals surface area contributed by atoms with Gasteiger partial charge in [0.05, 0.1) is 11.4 Å². The molecule has 1 fully saturated rings. The van der Waals surface area contributed by atoms with E-state index >= 15 is 0 Å². The number of rotatable bonds is 3. The quantitative estimate of drug-likeness (QED) is 0.885. The number of nitrogens with two attached hydrogens (primary N) is 1. The molecule has 1 saturated heterocycles. The van der Waals surface area contributed by atoms with E-state index in [0.29, 0.717) is 5.69 Å².